The topological polar surface area (TPSA) is 9.23 Å². The Morgan fingerprint density at radius 2 is 1.33 bits per heavy atom. The van der Waals surface area contributed by atoms with Gasteiger partial charge in [0.15, 0.2) is 0 Å². The van der Waals surface area contributed by atoms with Crippen molar-refractivity contribution in [1.29, 1.82) is 0 Å². The zero-order valence-corrected chi connectivity index (χ0v) is 13.0. The monoisotopic (exact) mass is 328 g/mol. The fourth-order valence-electron chi connectivity index (χ4n) is 2.60. The lowest BCUT2D eigenvalue weighted by Crippen LogP contribution is -2.05. The van der Waals surface area contributed by atoms with E-state index in [0.717, 1.165) is 22.8 Å². The second-order valence-corrected chi connectivity index (χ2v) is 5.35. The average molecular weight is 328 g/mol. The summed E-state index contributed by atoms with van der Waals surface area (Å²) >= 11 is 0. The summed E-state index contributed by atoms with van der Waals surface area (Å²) in [6.45, 7) is 0. The van der Waals surface area contributed by atoms with Crippen molar-refractivity contribution >= 4 is 0 Å². The fourth-order valence-corrected chi connectivity index (χ4v) is 2.60. The molecular formula is C20H15F3O. The molecule has 0 amide bonds. The zero-order valence-electron chi connectivity index (χ0n) is 13.0. The zero-order chi connectivity index (χ0) is 17.2. The minimum Gasteiger partial charge on any atom is -0.497 e. The lowest BCUT2D eigenvalue weighted by Gasteiger charge is -2.14. The van der Waals surface area contributed by atoms with Gasteiger partial charge in [-0.1, -0.05) is 48.5 Å². The van der Waals surface area contributed by atoms with Gasteiger partial charge in [-0.3, -0.25) is 0 Å². The summed E-state index contributed by atoms with van der Waals surface area (Å²) in [5.74, 6) is 0.701. The van der Waals surface area contributed by atoms with Gasteiger partial charge in [0, 0.05) is 0 Å². The highest BCUT2D eigenvalue weighted by Crippen LogP contribution is 2.38. The van der Waals surface area contributed by atoms with Crippen LogP contribution in [-0.2, 0) is 6.18 Å². The number of methoxy groups -OCH3 is 1. The molecule has 0 saturated heterocycles. The Morgan fingerprint density at radius 1 is 0.708 bits per heavy atom. The van der Waals surface area contributed by atoms with Gasteiger partial charge in [-0.25, -0.2) is 0 Å². The predicted molar refractivity (Wildman–Crippen MR) is 88.9 cm³/mol. The van der Waals surface area contributed by atoms with Crippen LogP contribution >= 0.6 is 0 Å². The first-order valence-corrected chi connectivity index (χ1v) is 7.40. The van der Waals surface area contributed by atoms with Crippen molar-refractivity contribution in [2.24, 2.45) is 0 Å². The third-order valence-corrected chi connectivity index (χ3v) is 3.83. The molecule has 3 aromatic rings. The molecule has 3 aromatic carbocycles. The molecule has 0 atom stereocenters. The van der Waals surface area contributed by atoms with Crippen molar-refractivity contribution in [1.82, 2.24) is 0 Å². The molecule has 0 spiro atoms. The molecule has 24 heavy (non-hydrogen) atoms. The molecule has 0 bridgehead atoms. The van der Waals surface area contributed by atoms with Crippen LogP contribution in [0.3, 0.4) is 0 Å². The van der Waals surface area contributed by atoms with Crippen molar-refractivity contribution in [3.05, 3.63) is 78.4 Å². The van der Waals surface area contributed by atoms with Gasteiger partial charge < -0.3 is 4.74 Å². The molecule has 4 heteroatoms. The van der Waals surface area contributed by atoms with Gasteiger partial charge in [0.1, 0.15) is 5.75 Å². The van der Waals surface area contributed by atoms with Crippen LogP contribution in [0.1, 0.15) is 5.56 Å². The molecule has 0 unspecified atom stereocenters. The summed E-state index contributed by atoms with van der Waals surface area (Å²) in [5.41, 5.74) is 2.23. The number of hydrogen-bond acceptors (Lipinski definition) is 1. The van der Waals surface area contributed by atoms with Crippen LogP contribution in [0.5, 0.6) is 5.75 Å². The summed E-state index contributed by atoms with van der Waals surface area (Å²) < 4.78 is 44.4. The number of alkyl halides is 3. The largest absolute Gasteiger partial charge is 0.497 e. The van der Waals surface area contributed by atoms with E-state index in [2.05, 4.69) is 0 Å². The number of rotatable bonds is 3. The molecule has 0 N–H and O–H groups in total. The number of benzene rings is 3. The van der Waals surface area contributed by atoms with E-state index in [0.29, 0.717) is 11.3 Å². The predicted octanol–water partition coefficient (Wildman–Crippen LogP) is 6.05. The summed E-state index contributed by atoms with van der Waals surface area (Å²) in [4.78, 5) is 0. The fraction of sp³-hybridized carbons (Fsp3) is 0.100. The Labute approximate surface area is 138 Å². The highest BCUT2D eigenvalue weighted by Gasteiger charge is 2.31. The summed E-state index contributed by atoms with van der Waals surface area (Å²) in [6.07, 6.45) is -4.37. The van der Waals surface area contributed by atoms with Crippen molar-refractivity contribution < 1.29 is 17.9 Å². The van der Waals surface area contributed by atoms with E-state index in [1.54, 1.807) is 19.2 Å². The third-order valence-electron chi connectivity index (χ3n) is 3.83. The molecular weight excluding hydrogens is 313 g/mol. The van der Waals surface area contributed by atoms with Crippen LogP contribution in [0.4, 0.5) is 13.2 Å². The van der Waals surface area contributed by atoms with Crippen LogP contribution in [0.2, 0.25) is 0 Å². The van der Waals surface area contributed by atoms with Gasteiger partial charge in [0.25, 0.3) is 0 Å². The van der Waals surface area contributed by atoms with Crippen LogP contribution in [-0.4, -0.2) is 7.11 Å². The molecule has 0 saturated carbocycles. The normalized spacial score (nSPS) is 11.3. The summed E-state index contributed by atoms with van der Waals surface area (Å²) in [7, 11) is 1.57. The number of halogens is 3. The van der Waals surface area contributed by atoms with Crippen molar-refractivity contribution in [2.45, 2.75) is 6.18 Å². The van der Waals surface area contributed by atoms with Gasteiger partial charge in [0.2, 0.25) is 0 Å². The van der Waals surface area contributed by atoms with E-state index in [1.165, 1.54) is 12.1 Å². The molecule has 0 radical (unpaired) electrons. The average Bonchev–Trinajstić information content (AvgIpc) is 2.61. The molecule has 0 aromatic heterocycles. The molecule has 3 rings (SSSR count). The lowest BCUT2D eigenvalue weighted by atomic mass is 9.92. The quantitative estimate of drug-likeness (QED) is 0.569. The molecule has 0 heterocycles. The van der Waals surface area contributed by atoms with Gasteiger partial charge in [-0.2, -0.15) is 13.2 Å². The summed E-state index contributed by atoms with van der Waals surface area (Å²) in [6, 6.07) is 20.2. The number of hydrogen-bond donors (Lipinski definition) is 0. The molecule has 0 aliphatic rings. The van der Waals surface area contributed by atoms with E-state index < -0.39 is 11.7 Å². The first kappa shape index (κ1) is 16.1. The maximum absolute atomic E-state index is 13.1. The Hall–Kier alpha value is -2.75. The molecule has 0 aliphatic carbocycles. The number of ether oxygens (including phenoxy) is 1. The van der Waals surface area contributed by atoms with Gasteiger partial charge in [-0.15, -0.1) is 0 Å². The van der Waals surface area contributed by atoms with Crippen LogP contribution in [0.25, 0.3) is 22.3 Å². The second kappa shape index (κ2) is 6.40. The van der Waals surface area contributed by atoms with Crippen LogP contribution in [0, 0.1) is 0 Å². The Bertz CT molecular complexity index is 822. The van der Waals surface area contributed by atoms with Gasteiger partial charge >= 0.3 is 6.18 Å². The first-order valence-electron chi connectivity index (χ1n) is 7.40. The van der Waals surface area contributed by atoms with E-state index in [-0.39, 0.29) is 0 Å². The minimum atomic E-state index is -4.37. The highest BCUT2D eigenvalue weighted by molar-refractivity contribution is 5.84. The Morgan fingerprint density at radius 3 is 1.92 bits per heavy atom. The molecule has 122 valence electrons. The van der Waals surface area contributed by atoms with E-state index in [9.17, 15) is 13.2 Å². The maximum atomic E-state index is 13.1. The smallest absolute Gasteiger partial charge is 0.416 e. The van der Waals surface area contributed by atoms with Crippen molar-refractivity contribution in [2.75, 3.05) is 7.11 Å². The standard InChI is InChI=1S/C20H15F3O/c1-24-17-10-7-15(8-11-17)18-12-9-16(20(21,22)23)13-19(18)14-5-3-2-4-6-14/h2-13H,1H3. The van der Waals surface area contributed by atoms with E-state index in [4.69, 9.17) is 4.74 Å². The SMILES string of the molecule is COc1ccc(-c2ccc(C(F)(F)F)cc2-c2ccccc2)cc1. The Kier molecular flexibility index (Phi) is 4.30. The van der Waals surface area contributed by atoms with Crippen LogP contribution in [0.15, 0.2) is 72.8 Å². The highest BCUT2D eigenvalue weighted by atomic mass is 19.4. The molecule has 1 nitrogen and oxygen atoms in total. The van der Waals surface area contributed by atoms with Crippen LogP contribution < -0.4 is 4.74 Å². The minimum absolute atomic E-state index is 0.551. The molecule has 0 fully saturated rings. The van der Waals surface area contributed by atoms with Gasteiger partial charge in [0.05, 0.1) is 12.7 Å². The second-order valence-electron chi connectivity index (χ2n) is 5.35. The maximum Gasteiger partial charge on any atom is 0.416 e. The van der Waals surface area contributed by atoms with E-state index >= 15 is 0 Å². The third kappa shape index (κ3) is 3.27. The summed E-state index contributed by atoms with van der Waals surface area (Å²) in [5, 5.41) is 0. The Balaban J connectivity index is 2.17. The van der Waals surface area contributed by atoms with Gasteiger partial charge in [-0.05, 0) is 46.5 Å². The van der Waals surface area contributed by atoms with E-state index in [1.807, 2.05) is 42.5 Å². The van der Waals surface area contributed by atoms with Crippen molar-refractivity contribution in [3.63, 3.8) is 0 Å². The molecule has 0 aliphatic heterocycles. The first-order chi connectivity index (χ1) is 11.5. The lowest BCUT2D eigenvalue weighted by molar-refractivity contribution is -0.137. The van der Waals surface area contributed by atoms with Crippen molar-refractivity contribution in [3.8, 4) is 28.0 Å².